The number of carbonyl (C=O) groups is 1. The van der Waals surface area contributed by atoms with E-state index in [1.807, 2.05) is 20.8 Å². The highest BCUT2D eigenvalue weighted by Crippen LogP contribution is 2.19. The van der Waals surface area contributed by atoms with E-state index in [-0.39, 0.29) is 5.97 Å². The van der Waals surface area contributed by atoms with Crippen molar-refractivity contribution in [1.29, 1.82) is 0 Å². The van der Waals surface area contributed by atoms with E-state index in [4.69, 9.17) is 4.74 Å². The second kappa shape index (κ2) is 5.35. The van der Waals surface area contributed by atoms with E-state index in [0.29, 0.717) is 12.3 Å². The van der Waals surface area contributed by atoms with Gasteiger partial charge in [-0.15, -0.1) is 0 Å². The highest BCUT2D eigenvalue weighted by Gasteiger charge is 2.17. The molecule has 1 aromatic rings. The van der Waals surface area contributed by atoms with Crippen molar-refractivity contribution < 1.29 is 9.53 Å². The summed E-state index contributed by atoms with van der Waals surface area (Å²) in [5.41, 5.74) is 3.85. The Labute approximate surface area is 98.3 Å². The normalized spacial score (nSPS) is 10.4. The Morgan fingerprint density at radius 2 is 2.13 bits per heavy atom. The molecule has 1 heterocycles. The lowest BCUT2D eigenvalue weighted by Crippen LogP contribution is -2.06. The fourth-order valence-corrected chi connectivity index (χ4v) is 2.06. The molecule has 4 heteroatoms. The molecule has 0 radical (unpaired) electrons. The van der Waals surface area contributed by atoms with Gasteiger partial charge in [0.05, 0.1) is 6.61 Å². The first-order valence-electron chi connectivity index (χ1n) is 5.02. The number of alkyl halides is 1. The second-order valence-electron chi connectivity index (χ2n) is 3.39. The van der Waals surface area contributed by atoms with Gasteiger partial charge in [-0.25, -0.2) is 4.79 Å². The Morgan fingerprint density at radius 3 is 2.67 bits per heavy atom. The quantitative estimate of drug-likeness (QED) is 0.677. The van der Waals surface area contributed by atoms with E-state index in [1.54, 1.807) is 0 Å². The van der Waals surface area contributed by atoms with Crippen LogP contribution in [0.1, 0.15) is 34.2 Å². The van der Waals surface area contributed by atoms with Gasteiger partial charge in [0.2, 0.25) is 0 Å². The lowest BCUT2D eigenvalue weighted by atomic mass is 10.1. The van der Waals surface area contributed by atoms with Gasteiger partial charge < -0.3 is 9.72 Å². The number of carbonyl (C=O) groups excluding carboxylic acids is 1. The van der Waals surface area contributed by atoms with Crippen LogP contribution in [-0.2, 0) is 11.2 Å². The summed E-state index contributed by atoms with van der Waals surface area (Å²) >= 11 is 3.40. The summed E-state index contributed by atoms with van der Waals surface area (Å²) in [5.74, 6) is -0.265. The molecule has 1 rings (SSSR count). The number of H-pyrrole nitrogens is 1. The first-order valence-corrected chi connectivity index (χ1v) is 6.15. The van der Waals surface area contributed by atoms with Crippen LogP contribution in [0.5, 0.6) is 0 Å². The molecular weight excluding hydrogens is 258 g/mol. The van der Waals surface area contributed by atoms with Gasteiger partial charge in [-0.05, 0) is 38.3 Å². The molecule has 0 aliphatic heterocycles. The van der Waals surface area contributed by atoms with Crippen LogP contribution >= 0.6 is 15.9 Å². The van der Waals surface area contributed by atoms with Gasteiger partial charge in [0.25, 0.3) is 0 Å². The molecule has 0 aliphatic carbocycles. The lowest BCUT2D eigenvalue weighted by Gasteiger charge is -2.01. The number of nitrogens with one attached hydrogen (secondary N) is 1. The van der Waals surface area contributed by atoms with Gasteiger partial charge >= 0.3 is 5.97 Å². The van der Waals surface area contributed by atoms with E-state index >= 15 is 0 Å². The van der Waals surface area contributed by atoms with Crippen LogP contribution in [0, 0.1) is 13.8 Å². The van der Waals surface area contributed by atoms with Gasteiger partial charge in [0.1, 0.15) is 5.69 Å². The molecule has 0 amide bonds. The number of ether oxygens (including phenoxy) is 1. The van der Waals surface area contributed by atoms with Crippen molar-refractivity contribution in [3.8, 4) is 0 Å². The monoisotopic (exact) mass is 273 g/mol. The van der Waals surface area contributed by atoms with E-state index in [9.17, 15) is 4.79 Å². The summed E-state index contributed by atoms with van der Waals surface area (Å²) in [7, 11) is 0. The third-order valence-corrected chi connectivity index (χ3v) is 2.81. The molecule has 0 unspecified atom stereocenters. The summed E-state index contributed by atoms with van der Waals surface area (Å²) in [5, 5.41) is 0.898. The second-order valence-corrected chi connectivity index (χ2v) is 4.18. The summed E-state index contributed by atoms with van der Waals surface area (Å²) < 4.78 is 4.97. The van der Waals surface area contributed by atoms with Crippen molar-refractivity contribution in [2.75, 3.05) is 11.9 Å². The highest BCUT2D eigenvalue weighted by atomic mass is 79.9. The van der Waals surface area contributed by atoms with Crippen LogP contribution in [0.3, 0.4) is 0 Å². The van der Waals surface area contributed by atoms with Crippen LogP contribution in [0.25, 0.3) is 0 Å². The largest absolute Gasteiger partial charge is 0.461 e. The molecule has 15 heavy (non-hydrogen) atoms. The standard InChI is InChI=1S/C11H16BrNO2/c1-4-15-11(14)10-7(2)9(5-6-12)8(3)13-10/h13H,4-6H2,1-3H3. The van der Waals surface area contributed by atoms with E-state index < -0.39 is 0 Å². The van der Waals surface area contributed by atoms with Crippen LogP contribution in [-0.4, -0.2) is 22.9 Å². The Morgan fingerprint density at radius 1 is 1.47 bits per heavy atom. The molecule has 0 atom stereocenters. The van der Waals surface area contributed by atoms with Crippen molar-refractivity contribution in [1.82, 2.24) is 4.98 Å². The molecule has 1 aromatic heterocycles. The topological polar surface area (TPSA) is 42.1 Å². The number of rotatable bonds is 4. The van der Waals surface area contributed by atoms with Crippen LogP contribution in [0.15, 0.2) is 0 Å². The zero-order valence-corrected chi connectivity index (χ0v) is 10.9. The van der Waals surface area contributed by atoms with Gasteiger partial charge in [0.15, 0.2) is 0 Å². The minimum atomic E-state index is -0.265. The molecular formula is C11H16BrNO2. The smallest absolute Gasteiger partial charge is 0.355 e. The first-order chi connectivity index (χ1) is 7.11. The number of hydrogen-bond donors (Lipinski definition) is 1. The molecule has 0 saturated carbocycles. The van der Waals surface area contributed by atoms with Crippen molar-refractivity contribution >= 4 is 21.9 Å². The Bertz CT molecular complexity index is 358. The molecule has 0 saturated heterocycles. The predicted molar refractivity (Wildman–Crippen MR) is 63.7 cm³/mol. The minimum Gasteiger partial charge on any atom is -0.461 e. The minimum absolute atomic E-state index is 0.265. The third-order valence-electron chi connectivity index (χ3n) is 2.42. The van der Waals surface area contributed by atoms with E-state index in [1.165, 1.54) is 5.56 Å². The van der Waals surface area contributed by atoms with Crippen molar-refractivity contribution in [3.63, 3.8) is 0 Å². The molecule has 84 valence electrons. The molecule has 0 bridgehead atoms. The Kier molecular flexibility index (Phi) is 4.39. The number of aryl methyl sites for hydroxylation is 1. The lowest BCUT2D eigenvalue weighted by molar-refractivity contribution is 0.0519. The van der Waals surface area contributed by atoms with Gasteiger partial charge in [-0.2, -0.15) is 0 Å². The SMILES string of the molecule is CCOC(=O)c1[nH]c(C)c(CCBr)c1C. The number of hydrogen-bond acceptors (Lipinski definition) is 2. The van der Waals surface area contributed by atoms with Crippen molar-refractivity contribution in [2.24, 2.45) is 0 Å². The fraction of sp³-hybridized carbons (Fsp3) is 0.545. The summed E-state index contributed by atoms with van der Waals surface area (Å²) in [6, 6.07) is 0. The summed E-state index contributed by atoms with van der Waals surface area (Å²) in [6.45, 7) is 6.15. The fourth-order valence-electron chi connectivity index (χ4n) is 1.67. The third kappa shape index (κ3) is 2.62. The maximum Gasteiger partial charge on any atom is 0.355 e. The maximum absolute atomic E-state index is 11.6. The van der Waals surface area contributed by atoms with E-state index in [2.05, 4.69) is 20.9 Å². The molecule has 0 fully saturated rings. The molecule has 3 nitrogen and oxygen atoms in total. The number of halogens is 1. The predicted octanol–water partition coefficient (Wildman–Crippen LogP) is 2.75. The molecule has 0 spiro atoms. The Balaban J connectivity index is 3.00. The van der Waals surface area contributed by atoms with Crippen molar-refractivity contribution in [2.45, 2.75) is 27.2 Å². The van der Waals surface area contributed by atoms with Crippen molar-refractivity contribution in [3.05, 3.63) is 22.5 Å². The van der Waals surface area contributed by atoms with Gasteiger partial charge in [-0.1, -0.05) is 15.9 Å². The molecule has 1 N–H and O–H groups in total. The zero-order chi connectivity index (χ0) is 11.4. The Hall–Kier alpha value is -0.770. The van der Waals surface area contributed by atoms with Crippen LogP contribution < -0.4 is 0 Å². The van der Waals surface area contributed by atoms with Gasteiger partial charge in [0, 0.05) is 11.0 Å². The number of aromatic nitrogens is 1. The average Bonchev–Trinajstić information content (AvgIpc) is 2.47. The number of esters is 1. The van der Waals surface area contributed by atoms with E-state index in [0.717, 1.165) is 23.0 Å². The average molecular weight is 274 g/mol. The highest BCUT2D eigenvalue weighted by molar-refractivity contribution is 9.09. The van der Waals surface area contributed by atoms with Gasteiger partial charge in [-0.3, -0.25) is 0 Å². The van der Waals surface area contributed by atoms with Crippen LogP contribution in [0.2, 0.25) is 0 Å². The zero-order valence-electron chi connectivity index (χ0n) is 9.32. The number of aromatic amines is 1. The summed E-state index contributed by atoms with van der Waals surface area (Å²) in [6.07, 6.45) is 0.924. The molecule has 0 aliphatic rings. The summed E-state index contributed by atoms with van der Waals surface area (Å²) in [4.78, 5) is 14.7. The maximum atomic E-state index is 11.6. The molecule has 0 aromatic carbocycles. The van der Waals surface area contributed by atoms with Crippen LogP contribution in [0.4, 0.5) is 0 Å². The first kappa shape index (κ1) is 12.3.